The van der Waals surface area contributed by atoms with Gasteiger partial charge >= 0.3 is 0 Å². The highest BCUT2D eigenvalue weighted by molar-refractivity contribution is 8.03. The molecule has 3 heteroatoms. The third kappa shape index (κ3) is 4.57. The SMILES string of the molecule is CCCCCc1ccc(-c2cccc(C)c2)c(C)c1S/C(N)=C/N. The van der Waals surface area contributed by atoms with E-state index < -0.39 is 0 Å². The Morgan fingerprint density at radius 3 is 2.58 bits per heavy atom. The summed E-state index contributed by atoms with van der Waals surface area (Å²) in [7, 11) is 0. The van der Waals surface area contributed by atoms with Crippen LogP contribution in [0.1, 0.15) is 42.9 Å². The van der Waals surface area contributed by atoms with Crippen LogP contribution in [-0.2, 0) is 6.42 Å². The van der Waals surface area contributed by atoms with Gasteiger partial charge in [-0.2, -0.15) is 0 Å². The maximum absolute atomic E-state index is 6.01. The van der Waals surface area contributed by atoms with E-state index in [-0.39, 0.29) is 0 Å². The fraction of sp³-hybridized carbons (Fsp3) is 0.333. The summed E-state index contributed by atoms with van der Waals surface area (Å²) < 4.78 is 0. The summed E-state index contributed by atoms with van der Waals surface area (Å²) in [5.74, 6) is 0. The molecule has 128 valence electrons. The number of nitrogens with two attached hydrogens (primary N) is 2. The number of aryl methyl sites for hydroxylation is 2. The molecule has 0 radical (unpaired) electrons. The highest BCUT2D eigenvalue weighted by atomic mass is 32.2. The van der Waals surface area contributed by atoms with E-state index in [0.29, 0.717) is 5.03 Å². The molecule has 2 nitrogen and oxygen atoms in total. The molecule has 0 aromatic heterocycles. The van der Waals surface area contributed by atoms with E-state index in [1.807, 2.05) is 0 Å². The van der Waals surface area contributed by atoms with Gasteiger partial charge in [0.25, 0.3) is 0 Å². The quantitative estimate of drug-likeness (QED) is 0.516. The van der Waals surface area contributed by atoms with Gasteiger partial charge in [-0.25, -0.2) is 0 Å². The molecule has 24 heavy (non-hydrogen) atoms. The molecule has 0 aliphatic heterocycles. The Morgan fingerprint density at radius 1 is 1.12 bits per heavy atom. The van der Waals surface area contributed by atoms with Crippen LogP contribution in [0.4, 0.5) is 0 Å². The predicted molar refractivity (Wildman–Crippen MR) is 107 cm³/mol. The van der Waals surface area contributed by atoms with Gasteiger partial charge in [0, 0.05) is 11.1 Å². The lowest BCUT2D eigenvalue weighted by molar-refractivity contribution is 0.711. The lowest BCUT2D eigenvalue weighted by atomic mass is 9.95. The minimum Gasteiger partial charge on any atom is -0.403 e. The first kappa shape index (κ1) is 18.5. The molecule has 0 unspecified atom stereocenters. The molecule has 0 saturated carbocycles. The fourth-order valence-electron chi connectivity index (χ4n) is 2.93. The predicted octanol–water partition coefficient (Wildman–Crippen LogP) is 5.51. The summed E-state index contributed by atoms with van der Waals surface area (Å²) in [4.78, 5) is 1.25. The van der Waals surface area contributed by atoms with Crippen molar-refractivity contribution in [3.8, 4) is 11.1 Å². The summed E-state index contributed by atoms with van der Waals surface area (Å²) in [5, 5.41) is 0.649. The minimum absolute atomic E-state index is 0.649. The second kappa shape index (κ2) is 8.84. The zero-order chi connectivity index (χ0) is 17.5. The van der Waals surface area contributed by atoms with Crippen molar-refractivity contribution in [2.45, 2.75) is 51.3 Å². The van der Waals surface area contributed by atoms with Crippen molar-refractivity contribution in [3.05, 3.63) is 64.3 Å². The molecule has 2 aromatic rings. The normalized spacial score (nSPS) is 11.7. The fourth-order valence-corrected chi connectivity index (χ4v) is 3.80. The van der Waals surface area contributed by atoms with E-state index in [2.05, 4.69) is 57.2 Å². The zero-order valence-corrected chi connectivity index (χ0v) is 15.7. The largest absolute Gasteiger partial charge is 0.403 e. The second-order valence-corrected chi connectivity index (χ2v) is 7.31. The Balaban J connectivity index is 2.46. The molecule has 0 bridgehead atoms. The van der Waals surface area contributed by atoms with E-state index in [9.17, 15) is 0 Å². The summed E-state index contributed by atoms with van der Waals surface area (Å²) in [6.07, 6.45) is 6.26. The molecule has 0 saturated heterocycles. The molecule has 2 aromatic carbocycles. The smallest absolute Gasteiger partial charge is 0.0861 e. The minimum atomic E-state index is 0.649. The van der Waals surface area contributed by atoms with Crippen molar-refractivity contribution >= 4 is 11.8 Å². The number of rotatable bonds is 7. The maximum atomic E-state index is 6.01. The van der Waals surface area contributed by atoms with E-state index >= 15 is 0 Å². The Kier molecular flexibility index (Phi) is 6.80. The van der Waals surface area contributed by atoms with Crippen LogP contribution in [0.25, 0.3) is 11.1 Å². The first-order valence-corrected chi connectivity index (χ1v) is 9.43. The lowest BCUT2D eigenvalue weighted by Gasteiger charge is -2.17. The molecule has 0 atom stereocenters. The zero-order valence-electron chi connectivity index (χ0n) is 14.9. The topological polar surface area (TPSA) is 52.0 Å². The van der Waals surface area contributed by atoms with Crippen LogP contribution in [0.15, 0.2) is 52.5 Å². The first-order chi connectivity index (χ1) is 11.6. The summed E-state index contributed by atoms with van der Waals surface area (Å²) in [6, 6.07) is 13.1. The number of unbranched alkanes of at least 4 members (excludes halogenated alkanes) is 2. The van der Waals surface area contributed by atoms with Crippen molar-refractivity contribution in [2.24, 2.45) is 11.5 Å². The van der Waals surface area contributed by atoms with Crippen LogP contribution < -0.4 is 11.5 Å². The molecular weight excluding hydrogens is 312 g/mol. The van der Waals surface area contributed by atoms with Crippen LogP contribution in [0.5, 0.6) is 0 Å². The van der Waals surface area contributed by atoms with Gasteiger partial charge in [0.2, 0.25) is 0 Å². The van der Waals surface area contributed by atoms with Crippen molar-refractivity contribution in [2.75, 3.05) is 0 Å². The van der Waals surface area contributed by atoms with Gasteiger partial charge in [0.05, 0.1) is 5.03 Å². The van der Waals surface area contributed by atoms with Gasteiger partial charge in [-0.1, -0.05) is 73.5 Å². The van der Waals surface area contributed by atoms with Crippen LogP contribution in [0.2, 0.25) is 0 Å². The van der Waals surface area contributed by atoms with E-state index in [1.165, 1.54) is 58.2 Å². The molecule has 0 heterocycles. The van der Waals surface area contributed by atoms with Gasteiger partial charge in [0.1, 0.15) is 0 Å². The standard InChI is InChI=1S/C21H28N2S/c1-4-5-6-9-17-11-12-19(18-10-7-8-15(2)13-18)16(3)21(17)24-20(23)14-22/h7-8,10-14H,4-6,9,22-23H2,1-3H3/b20-14+. The van der Waals surface area contributed by atoms with Crippen LogP contribution in [-0.4, -0.2) is 0 Å². The molecular formula is C21H28N2S. The first-order valence-electron chi connectivity index (χ1n) is 8.61. The molecule has 0 amide bonds. The Labute approximate surface area is 150 Å². The third-order valence-electron chi connectivity index (χ3n) is 4.25. The molecule has 4 N–H and O–H groups in total. The van der Waals surface area contributed by atoms with E-state index in [4.69, 9.17) is 11.5 Å². The van der Waals surface area contributed by atoms with Crippen LogP contribution >= 0.6 is 11.8 Å². The van der Waals surface area contributed by atoms with Gasteiger partial charge in [-0.3, -0.25) is 0 Å². The van der Waals surface area contributed by atoms with Gasteiger partial charge in [-0.15, -0.1) is 0 Å². The van der Waals surface area contributed by atoms with Crippen molar-refractivity contribution in [1.29, 1.82) is 0 Å². The maximum Gasteiger partial charge on any atom is 0.0861 e. The monoisotopic (exact) mass is 340 g/mol. The summed E-state index contributed by atoms with van der Waals surface area (Å²) >= 11 is 1.58. The van der Waals surface area contributed by atoms with Crippen molar-refractivity contribution in [1.82, 2.24) is 0 Å². The molecule has 0 fully saturated rings. The second-order valence-electron chi connectivity index (χ2n) is 6.22. The van der Waals surface area contributed by atoms with Crippen LogP contribution in [0, 0.1) is 13.8 Å². The van der Waals surface area contributed by atoms with Crippen molar-refractivity contribution in [3.63, 3.8) is 0 Å². The molecule has 0 spiro atoms. The highest BCUT2D eigenvalue weighted by Gasteiger charge is 2.13. The van der Waals surface area contributed by atoms with E-state index in [1.54, 1.807) is 11.8 Å². The van der Waals surface area contributed by atoms with E-state index in [0.717, 1.165) is 6.42 Å². The Hall–Kier alpha value is -1.87. The summed E-state index contributed by atoms with van der Waals surface area (Å²) in [5.41, 5.74) is 18.1. The third-order valence-corrected chi connectivity index (χ3v) is 5.39. The Morgan fingerprint density at radius 2 is 1.92 bits per heavy atom. The number of hydrogen-bond acceptors (Lipinski definition) is 3. The molecule has 0 aliphatic carbocycles. The van der Waals surface area contributed by atoms with Gasteiger partial charge in [0.15, 0.2) is 0 Å². The molecule has 0 aliphatic rings. The number of thioether (sulfide) groups is 1. The molecule has 2 rings (SSSR count). The number of hydrogen-bond donors (Lipinski definition) is 2. The van der Waals surface area contributed by atoms with Gasteiger partial charge in [-0.05, 0) is 48.9 Å². The summed E-state index contributed by atoms with van der Waals surface area (Å²) in [6.45, 7) is 6.55. The lowest BCUT2D eigenvalue weighted by Crippen LogP contribution is -2.00. The number of benzene rings is 2. The Bertz CT molecular complexity index is 720. The highest BCUT2D eigenvalue weighted by Crippen LogP contribution is 2.37. The van der Waals surface area contributed by atoms with Crippen molar-refractivity contribution < 1.29 is 0 Å². The van der Waals surface area contributed by atoms with Gasteiger partial charge < -0.3 is 11.5 Å². The average molecular weight is 341 g/mol. The average Bonchev–Trinajstić information content (AvgIpc) is 2.57. The van der Waals surface area contributed by atoms with Crippen LogP contribution in [0.3, 0.4) is 0 Å².